The summed E-state index contributed by atoms with van der Waals surface area (Å²) in [6.07, 6.45) is 2.41. The quantitative estimate of drug-likeness (QED) is 0.840. The number of aromatic nitrogens is 2. The molecule has 0 spiro atoms. The molecule has 0 radical (unpaired) electrons. The molecule has 7 nitrogen and oxygen atoms in total. The normalized spacial score (nSPS) is 14.1. The minimum absolute atomic E-state index is 0.0142. The van der Waals surface area contributed by atoms with Crippen molar-refractivity contribution < 1.29 is 9.59 Å². The number of fused-ring (bicyclic) bond motifs is 1. The maximum Gasteiger partial charge on any atom is 0.270 e. The predicted molar refractivity (Wildman–Crippen MR) is 89.5 cm³/mol. The Morgan fingerprint density at radius 1 is 1.21 bits per heavy atom. The van der Waals surface area contributed by atoms with Crippen LogP contribution in [-0.2, 0) is 16.0 Å². The van der Waals surface area contributed by atoms with Crippen molar-refractivity contribution in [2.24, 2.45) is 0 Å². The van der Waals surface area contributed by atoms with E-state index in [4.69, 9.17) is 0 Å². The molecule has 3 rings (SSSR count). The zero-order valence-corrected chi connectivity index (χ0v) is 13.4. The summed E-state index contributed by atoms with van der Waals surface area (Å²) in [7, 11) is 0. The minimum atomic E-state index is -0.283. The smallest absolute Gasteiger partial charge is 0.270 e. The Kier molecular flexibility index (Phi) is 4.88. The molecular weight excluding hydrogens is 308 g/mol. The van der Waals surface area contributed by atoms with E-state index in [-0.39, 0.29) is 36.8 Å². The van der Waals surface area contributed by atoms with Crippen LogP contribution in [0.4, 0.5) is 0 Å². The highest BCUT2D eigenvalue weighted by Gasteiger charge is 2.18. The second-order valence-corrected chi connectivity index (χ2v) is 5.89. The van der Waals surface area contributed by atoms with E-state index in [0.29, 0.717) is 16.7 Å². The van der Waals surface area contributed by atoms with Crippen LogP contribution in [0.3, 0.4) is 0 Å². The molecule has 1 aliphatic rings. The first-order valence-corrected chi connectivity index (χ1v) is 8.16. The summed E-state index contributed by atoms with van der Waals surface area (Å²) in [5, 5.41) is 2.62. The lowest BCUT2D eigenvalue weighted by atomic mass is 10.2. The lowest BCUT2D eigenvalue weighted by Crippen LogP contribution is -2.38. The fourth-order valence-electron chi connectivity index (χ4n) is 2.81. The van der Waals surface area contributed by atoms with Crippen molar-refractivity contribution in [3.8, 4) is 0 Å². The van der Waals surface area contributed by atoms with Gasteiger partial charge in [0.1, 0.15) is 5.69 Å². The summed E-state index contributed by atoms with van der Waals surface area (Å²) in [6, 6.07) is 7.26. The van der Waals surface area contributed by atoms with Gasteiger partial charge in [0.25, 0.3) is 5.56 Å². The number of carbonyl (C=O) groups is 2. The van der Waals surface area contributed by atoms with Gasteiger partial charge in [0.2, 0.25) is 11.8 Å². The number of nitrogens with one attached hydrogen (secondary N) is 2. The average molecular weight is 328 g/mol. The summed E-state index contributed by atoms with van der Waals surface area (Å²) < 4.78 is 0. The molecule has 7 heteroatoms. The van der Waals surface area contributed by atoms with Gasteiger partial charge in [-0.3, -0.25) is 14.4 Å². The van der Waals surface area contributed by atoms with Gasteiger partial charge >= 0.3 is 0 Å². The molecule has 0 saturated carbocycles. The topological polar surface area (TPSA) is 95.2 Å². The van der Waals surface area contributed by atoms with Gasteiger partial charge in [0.05, 0.1) is 17.6 Å². The van der Waals surface area contributed by atoms with E-state index in [1.807, 2.05) is 18.2 Å². The van der Waals surface area contributed by atoms with Crippen molar-refractivity contribution in [2.45, 2.75) is 25.7 Å². The van der Waals surface area contributed by atoms with Crippen LogP contribution < -0.4 is 10.9 Å². The van der Waals surface area contributed by atoms with E-state index in [1.165, 1.54) is 0 Å². The van der Waals surface area contributed by atoms with Crippen LogP contribution in [0.5, 0.6) is 0 Å². The Balaban J connectivity index is 1.53. The van der Waals surface area contributed by atoms with Gasteiger partial charge in [0.15, 0.2) is 0 Å². The molecule has 24 heavy (non-hydrogen) atoms. The summed E-state index contributed by atoms with van der Waals surface area (Å²) in [4.78, 5) is 44.6. The fraction of sp³-hybridized carbons (Fsp3) is 0.412. The summed E-state index contributed by atoms with van der Waals surface area (Å²) >= 11 is 0. The number of rotatable bonds is 5. The number of carbonyl (C=O) groups excluding carboxylic acids is 2. The Bertz CT molecular complexity index is 809. The van der Waals surface area contributed by atoms with Gasteiger partial charge in [-0.15, -0.1) is 0 Å². The van der Waals surface area contributed by atoms with Crippen LogP contribution in [0.15, 0.2) is 29.1 Å². The Labute approximate surface area is 139 Å². The number of para-hydroxylation sites is 2. The molecule has 126 valence electrons. The molecule has 1 saturated heterocycles. The Morgan fingerprint density at radius 2 is 1.96 bits per heavy atom. The molecule has 1 aromatic heterocycles. The third-order valence-corrected chi connectivity index (χ3v) is 4.15. The number of likely N-dealkylation sites (tertiary alicyclic amines) is 1. The van der Waals surface area contributed by atoms with Crippen LogP contribution in [0.25, 0.3) is 11.0 Å². The second kappa shape index (κ2) is 7.25. The number of hydrogen-bond donors (Lipinski definition) is 2. The molecule has 0 unspecified atom stereocenters. The zero-order valence-electron chi connectivity index (χ0n) is 13.4. The van der Waals surface area contributed by atoms with Crippen molar-refractivity contribution >= 4 is 22.8 Å². The van der Waals surface area contributed by atoms with Crippen LogP contribution in [-0.4, -0.2) is 46.3 Å². The van der Waals surface area contributed by atoms with Crippen molar-refractivity contribution in [1.29, 1.82) is 0 Å². The van der Waals surface area contributed by atoms with Crippen LogP contribution in [0.2, 0.25) is 0 Å². The van der Waals surface area contributed by atoms with Gasteiger partial charge in [-0.2, -0.15) is 0 Å². The van der Waals surface area contributed by atoms with Gasteiger partial charge in [-0.1, -0.05) is 12.1 Å². The SMILES string of the molecule is O=C(CCc1nc2ccccc2[nH]c1=O)NCC(=O)N1CCCC1. The van der Waals surface area contributed by atoms with Crippen molar-refractivity contribution in [3.63, 3.8) is 0 Å². The van der Waals surface area contributed by atoms with Gasteiger partial charge < -0.3 is 15.2 Å². The van der Waals surface area contributed by atoms with Crippen LogP contribution in [0, 0.1) is 0 Å². The molecule has 0 bridgehead atoms. The highest BCUT2D eigenvalue weighted by molar-refractivity contribution is 5.85. The number of amides is 2. The molecule has 1 aliphatic heterocycles. The van der Waals surface area contributed by atoms with Gasteiger partial charge in [-0.05, 0) is 25.0 Å². The lowest BCUT2D eigenvalue weighted by Gasteiger charge is -2.15. The van der Waals surface area contributed by atoms with E-state index < -0.39 is 0 Å². The first-order chi connectivity index (χ1) is 11.6. The van der Waals surface area contributed by atoms with Crippen molar-refractivity contribution in [2.75, 3.05) is 19.6 Å². The molecule has 2 N–H and O–H groups in total. The largest absolute Gasteiger partial charge is 0.347 e. The lowest BCUT2D eigenvalue weighted by molar-refractivity contribution is -0.132. The number of benzene rings is 1. The molecule has 0 atom stereocenters. The number of H-pyrrole nitrogens is 1. The minimum Gasteiger partial charge on any atom is -0.347 e. The monoisotopic (exact) mass is 328 g/mol. The predicted octanol–water partition coefficient (Wildman–Crippen LogP) is 0.594. The first kappa shape index (κ1) is 16.2. The molecule has 1 fully saturated rings. The van der Waals surface area contributed by atoms with Gasteiger partial charge in [-0.25, -0.2) is 4.98 Å². The molecule has 1 aromatic carbocycles. The zero-order chi connectivity index (χ0) is 16.9. The highest BCUT2D eigenvalue weighted by atomic mass is 16.2. The summed E-state index contributed by atoms with van der Waals surface area (Å²) in [6.45, 7) is 1.55. The Hall–Kier alpha value is -2.70. The highest BCUT2D eigenvalue weighted by Crippen LogP contribution is 2.08. The van der Waals surface area contributed by atoms with E-state index in [0.717, 1.165) is 25.9 Å². The van der Waals surface area contributed by atoms with E-state index in [1.54, 1.807) is 11.0 Å². The van der Waals surface area contributed by atoms with E-state index in [2.05, 4.69) is 15.3 Å². The third kappa shape index (κ3) is 3.79. The van der Waals surface area contributed by atoms with E-state index in [9.17, 15) is 14.4 Å². The molecule has 2 aromatic rings. The number of aryl methyl sites for hydroxylation is 1. The number of hydrogen-bond acceptors (Lipinski definition) is 4. The summed E-state index contributed by atoms with van der Waals surface area (Å²) in [5.41, 5.74) is 1.41. The first-order valence-electron chi connectivity index (χ1n) is 8.16. The Morgan fingerprint density at radius 3 is 2.75 bits per heavy atom. The van der Waals surface area contributed by atoms with E-state index >= 15 is 0 Å². The average Bonchev–Trinajstić information content (AvgIpc) is 3.12. The number of nitrogens with zero attached hydrogens (tertiary/aromatic N) is 2. The van der Waals surface area contributed by atoms with Gasteiger partial charge in [0, 0.05) is 25.9 Å². The maximum absolute atomic E-state index is 12.0. The molecule has 2 amide bonds. The second-order valence-electron chi connectivity index (χ2n) is 5.89. The van der Waals surface area contributed by atoms with Crippen molar-refractivity contribution in [1.82, 2.24) is 20.2 Å². The van der Waals surface area contributed by atoms with Crippen molar-refractivity contribution in [3.05, 3.63) is 40.3 Å². The molecule has 2 heterocycles. The maximum atomic E-state index is 12.0. The standard InChI is InChI=1S/C17H20N4O3/c22-15(18-11-16(23)21-9-3-4-10-21)8-7-14-17(24)20-13-6-2-1-5-12(13)19-14/h1-2,5-6H,3-4,7-11H2,(H,18,22)(H,20,24). The third-order valence-electron chi connectivity index (χ3n) is 4.15. The summed E-state index contributed by atoms with van der Waals surface area (Å²) in [5.74, 6) is -0.306. The van der Waals surface area contributed by atoms with Crippen LogP contribution in [0.1, 0.15) is 25.0 Å². The molecule has 0 aliphatic carbocycles. The fourth-order valence-corrected chi connectivity index (χ4v) is 2.81. The molecular formula is C17H20N4O3. The van der Waals surface area contributed by atoms with Crippen LogP contribution >= 0.6 is 0 Å². The number of aromatic amines is 1.